The van der Waals surface area contributed by atoms with Crippen LogP contribution in [0.4, 0.5) is 0 Å². The first kappa shape index (κ1) is 15.7. The van der Waals surface area contributed by atoms with Crippen molar-refractivity contribution in [3.63, 3.8) is 0 Å². The smallest absolute Gasteiger partial charge is 0.305 e. The predicted octanol–water partition coefficient (Wildman–Crippen LogP) is 2.76. The van der Waals surface area contributed by atoms with Crippen LogP contribution in [0.3, 0.4) is 0 Å². The summed E-state index contributed by atoms with van der Waals surface area (Å²) in [6, 6.07) is 5.78. The van der Waals surface area contributed by atoms with Crippen molar-refractivity contribution in [1.29, 1.82) is 0 Å². The number of carboxylic acids is 1. The van der Waals surface area contributed by atoms with Crippen LogP contribution in [0.15, 0.2) is 24.3 Å². The Labute approximate surface area is 117 Å². The molecule has 0 saturated carbocycles. The number of nitrogens with one attached hydrogen (secondary N) is 1. The molecule has 0 aliphatic heterocycles. The maximum absolute atomic E-state index is 12.2. The van der Waals surface area contributed by atoms with E-state index in [0.29, 0.717) is 17.1 Å². The maximum Gasteiger partial charge on any atom is 0.305 e. The molecule has 0 aromatic heterocycles. The quantitative estimate of drug-likeness (QED) is 0.569. The number of unbranched alkanes of at least 4 members (excludes halogenated alkanes) is 1. The zero-order valence-electron chi connectivity index (χ0n) is 10.9. The molecule has 5 heteroatoms. The molecule has 1 unspecified atom stereocenters. The number of aliphatic carboxylic acids is 1. The Morgan fingerprint density at radius 3 is 2.47 bits per heavy atom. The zero-order valence-corrected chi connectivity index (χ0v) is 11.6. The maximum atomic E-state index is 12.2. The first-order chi connectivity index (χ1) is 9.04. The highest BCUT2D eigenvalue weighted by Gasteiger charge is 2.22. The van der Waals surface area contributed by atoms with Gasteiger partial charge in [0.1, 0.15) is 0 Å². The molecule has 4 nitrogen and oxygen atoms in total. The van der Waals surface area contributed by atoms with Crippen molar-refractivity contribution in [2.24, 2.45) is 0 Å². The summed E-state index contributed by atoms with van der Waals surface area (Å²) in [4.78, 5) is 23.0. The van der Waals surface area contributed by atoms with Crippen LogP contribution in [0.1, 0.15) is 36.5 Å². The number of carbonyl (C=O) groups is 2. The molecule has 0 aliphatic rings. The second kappa shape index (κ2) is 7.92. The van der Waals surface area contributed by atoms with Gasteiger partial charge in [0.15, 0.2) is 5.78 Å². The molecule has 1 atom stereocenters. The molecule has 2 N–H and O–H groups in total. The van der Waals surface area contributed by atoms with E-state index in [9.17, 15) is 9.59 Å². The third-order valence-corrected chi connectivity index (χ3v) is 3.00. The summed E-state index contributed by atoms with van der Waals surface area (Å²) in [6.07, 6.45) is 1.68. The molecular weight excluding hydrogens is 266 g/mol. The van der Waals surface area contributed by atoms with Crippen molar-refractivity contribution in [2.75, 3.05) is 6.54 Å². The van der Waals surface area contributed by atoms with Crippen molar-refractivity contribution in [2.45, 2.75) is 32.2 Å². The van der Waals surface area contributed by atoms with Gasteiger partial charge in [0.05, 0.1) is 12.5 Å². The minimum absolute atomic E-state index is 0.213. The number of carbonyl (C=O) groups excluding carboxylic acids is 1. The van der Waals surface area contributed by atoms with E-state index in [-0.39, 0.29) is 12.2 Å². The fraction of sp³-hybridized carbons (Fsp3) is 0.429. The Hall–Kier alpha value is -1.39. The van der Waals surface area contributed by atoms with Gasteiger partial charge in [-0.1, -0.05) is 24.9 Å². The fourth-order valence-electron chi connectivity index (χ4n) is 1.70. The Morgan fingerprint density at radius 2 is 1.95 bits per heavy atom. The van der Waals surface area contributed by atoms with Gasteiger partial charge in [0.2, 0.25) is 0 Å². The number of halogens is 1. The molecule has 104 valence electrons. The van der Waals surface area contributed by atoms with Gasteiger partial charge in [0, 0.05) is 10.6 Å². The van der Waals surface area contributed by atoms with E-state index in [1.807, 2.05) is 6.92 Å². The molecule has 0 bridgehead atoms. The highest BCUT2D eigenvalue weighted by molar-refractivity contribution is 6.30. The molecule has 1 rings (SSSR count). The first-order valence-corrected chi connectivity index (χ1v) is 6.67. The molecule has 0 aliphatic carbocycles. The summed E-state index contributed by atoms with van der Waals surface area (Å²) in [5.74, 6) is -1.20. The largest absolute Gasteiger partial charge is 0.481 e. The van der Waals surface area contributed by atoms with Crippen LogP contribution in [-0.4, -0.2) is 29.4 Å². The molecule has 0 saturated heterocycles. The average Bonchev–Trinajstić information content (AvgIpc) is 2.37. The van der Waals surface area contributed by atoms with Crippen LogP contribution < -0.4 is 5.32 Å². The van der Waals surface area contributed by atoms with Crippen molar-refractivity contribution in [3.8, 4) is 0 Å². The molecular formula is C14H18ClNO3. The van der Waals surface area contributed by atoms with Gasteiger partial charge in [-0.05, 0) is 37.2 Å². The molecule has 1 aromatic carbocycles. The lowest BCUT2D eigenvalue weighted by atomic mass is 10.0. The normalized spacial score (nSPS) is 12.1. The van der Waals surface area contributed by atoms with E-state index in [1.165, 1.54) is 0 Å². The summed E-state index contributed by atoms with van der Waals surface area (Å²) in [6.45, 7) is 2.67. The third kappa shape index (κ3) is 5.41. The molecule has 0 heterocycles. The molecule has 0 spiro atoms. The lowest BCUT2D eigenvalue weighted by Gasteiger charge is -2.15. The molecule has 0 amide bonds. The van der Waals surface area contributed by atoms with Crippen LogP contribution in [0.25, 0.3) is 0 Å². The van der Waals surface area contributed by atoms with E-state index in [0.717, 1.165) is 12.8 Å². The van der Waals surface area contributed by atoms with Gasteiger partial charge in [-0.25, -0.2) is 0 Å². The average molecular weight is 284 g/mol. The number of hydrogen-bond acceptors (Lipinski definition) is 3. The van der Waals surface area contributed by atoms with Gasteiger partial charge in [0.25, 0.3) is 0 Å². The van der Waals surface area contributed by atoms with Crippen LogP contribution in [0.2, 0.25) is 5.02 Å². The summed E-state index contributed by atoms with van der Waals surface area (Å²) in [5.41, 5.74) is 0.472. The fourth-order valence-corrected chi connectivity index (χ4v) is 1.83. The SMILES string of the molecule is CCCCNC(CC(=O)O)C(=O)c1ccc(Cl)cc1. The topological polar surface area (TPSA) is 66.4 Å². The van der Waals surface area contributed by atoms with Gasteiger partial charge in [-0.2, -0.15) is 0 Å². The van der Waals surface area contributed by atoms with Gasteiger partial charge in [-0.3, -0.25) is 9.59 Å². The van der Waals surface area contributed by atoms with E-state index in [4.69, 9.17) is 16.7 Å². The highest BCUT2D eigenvalue weighted by Crippen LogP contribution is 2.12. The van der Waals surface area contributed by atoms with Crippen molar-refractivity contribution < 1.29 is 14.7 Å². The summed E-state index contributed by atoms with van der Waals surface area (Å²) >= 11 is 5.76. The van der Waals surface area contributed by atoms with Gasteiger partial charge < -0.3 is 10.4 Å². The lowest BCUT2D eigenvalue weighted by Crippen LogP contribution is -2.39. The van der Waals surface area contributed by atoms with Crippen LogP contribution in [0.5, 0.6) is 0 Å². The number of benzene rings is 1. The zero-order chi connectivity index (χ0) is 14.3. The standard InChI is InChI=1S/C14H18ClNO3/c1-2-3-8-16-12(9-13(17)18)14(19)10-4-6-11(15)7-5-10/h4-7,12,16H,2-3,8-9H2,1H3,(H,17,18). The molecule has 1 aromatic rings. The second-order valence-electron chi connectivity index (χ2n) is 4.33. The van der Waals surface area contributed by atoms with Gasteiger partial charge >= 0.3 is 5.97 Å². The Kier molecular flexibility index (Phi) is 6.53. The Morgan fingerprint density at radius 1 is 1.32 bits per heavy atom. The number of rotatable bonds is 8. The second-order valence-corrected chi connectivity index (χ2v) is 4.77. The highest BCUT2D eigenvalue weighted by atomic mass is 35.5. The minimum Gasteiger partial charge on any atom is -0.481 e. The van der Waals surface area contributed by atoms with E-state index in [1.54, 1.807) is 24.3 Å². The van der Waals surface area contributed by atoms with Crippen molar-refractivity contribution in [3.05, 3.63) is 34.9 Å². The summed E-state index contributed by atoms with van der Waals surface area (Å²) in [5, 5.41) is 12.4. The Balaban J connectivity index is 2.74. The van der Waals surface area contributed by atoms with Crippen LogP contribution in [0, 0.1) is 0 Å². The third-order valence-electron chi connectivity index (χ3n) is 2.75. The van der Waals surface area contributed by atoms with Crippen LogP contribution >= 0.6 is 11.6 Å². The summed E-state index contributed by atoms with van der Waals surface area (Å²) < 4.78 is 0. The Bertz CT molecular complexity index is 431. The first-order valence-electron chi connectivity index (χ1n) is 6.29. The van der Waals surface area contributed by atoms with E-state index < -0.39 is 12.0 Å². The summed E-state index contributed by atoms with van der Waals surface area (Å²) in [7, 11) is 0. The molecule has 0 fully saturated rings. The molecule has 19 heavy (non-hydrogen) atoms. The van der Waals surface area contributed by atoms with E-state index >= 15 is 0 Å². The number of ketones is 1. The van der Waals surface area contributed by atoms with Gasteiger partial charge in [-0.15, -0.1) is 0 Å². The van der Waals surface area contributed by atoms with Crippen molar-refractivity contribution in [1.82, 2.24) is 5.32 Å². The monoisotopic (exact) mass is 283 g/mol. The lowest BCUT2D eigenvalue weighted by molar-refractivity contribution is -0.137. The molecule has 0 radical (unpaired) electrons. The minimum atomic E-state index is -0.990. The van der Waals surface area contributed by atoms with Crippen LogP contribution in [-0.2, 0) is 4.79 Å². The number of carboxylic acid groups (broad SMARTS) is 1. The number of Topliss-reactive ketones (excluding diaryl/α,β-unsaturated/α-hetero) is 1. The van der Waals surface area contributed by atoms with E-state index in [2.05, 4.69) is 5.32 Å². The predicted molar refractivity (Wildman–Crippen MR) is 74.7 cm³/mol. The van der Waals surface area contributed by atoms with Crippen molar-refractivity contribution >= 4 is 23.4 Å². The number of hydrogen-bond donors (Lipinski definition) is 2.